The van der Waals surface area contributed by atoms with Crippen LogP contribution in [0.3, 0.4) is 0 Å². The molecule has 0 aliphatic carbocycles. The van der Waals surface area contributed by atoms with Crippen molar-refractivity contribution < 1.29 is 9.53 Å². The molecule has 0 saturated heterocycles. The van der Waals surface area contributed by atoms with Gasteiger partial charge >= 0.3 is 33.4 Å². The summed E-state index contributed by atoms with van der Waals surface area (Å²) in [6.07, 6.45) is 20.8. The molecule has 4 heteroatoms. The van der Waals surface area contributed by atoms with E-state index in [1.165, 1.54) is 106 Å². The van der Waals surface area contributed by atoms with Gasteiger partial charge in [0.05, 0.1) is 0 Å². The van der Waals surface area contributed by atoms with Gasteiger partial charge in [0.25, 0.3) is 0 Å². The van der Waals surface area contributed by atoms with Crippen molar-refractivity contribution in [2.45, 2.75) is 115 Å². The molecule has 150 valence electrons. The van der Waals surface area contributed by atoms with Crippen LogP contribution in [0.4, 0.5) is 0 Å². The molecule has 0 aliphatic rings. The predicted molar refractivity (Wildman–Crippen MR) is 117 cm³/mol. The molecular weight excluding hydrogens is 435 g/mol. The SMILES string of the molecule is CCCCCCCCCCCCCCCCCC(=O)OCCS.[CH3][SnH]. The molecule has 0 aromatic heterocycles. The van der Waals surface area contributed by atoms with Crippen LogP contribution in [0.5, 0.6) is 0 Å². The molecule has 0 heterocycles. The molecule has 0 spiro atoms. The second kappa shape index (κ2) is 26.8. The first kappa shape index (κ1) is 27.8. The fraction of sp³-hybridized carbons (Fsp3) is 0.952. The fourth-order valence-electron chi connectivity index (χ4n) is 2.87. The van der Waals surface area contributed by atoms with Gasteiger partial charge in [0.15, 0.2) is 0 Å². The molecular formula is C21H44O2SSn. The van der Waals surface area contributed by atoms with Gasteiger partial charge in [-0.25, -0.2) is 0 Å². The van der Waals surface area contributed by atoms with Crippen LogP contribution in [-0.2, 0) is 9.53 Å². The Bertz CT molecular complexity index is 250. The molecule has 25 heavy (non-hydrogen) atoms. The van der Waals surface area contributed by atoms with Gasteiger partial charge in [-0.1, -0.05) is 96.8 Å². The third-order valence-electron chi connectivity index (χ3n) is 4.34. The molecule has 0 aromatic carbocycles. The first-order valence-electron chi connectivity index (χ1n) is 10.7. The fourth-order valence-corrected chi connectivity index (χ4v) is 2.96. The van der Waals surface area contributed by atoms with E-state index in [-0.39, 0.29) is 5.97 Å². The summed E-state index contributed by atoms with van der Waals surface area (Å²) < 4.78 is 4.99. The number of unbranched alkanes of at least 4 members (excludes halogenated alkanes) is 14. The topological polar surface area (TPSA) is 26.3 Å². The Hall–Kier alpha value is 0.619. The number of ether oxygens (including phenoxy) is 1. The Morgan fingerprint density at radius 3 is 1.44 bits per heavy atom. The molecule has 0 amide bonds. The van der Waals surface area contributed by atoms with Gasteiger partial charge in [-0.05, 0) is 6.42 Å². The summed E-state index contributed by atoms with van der Waals surface area (Å²) in [5, 5.41) is 0. The van der Waals surface area contributed by atoms with Crippen LogP contribution >= 0.6 is 12.6 Å². The Kier molecular flexibility index (Phi) is 29.9. The van der Waals surface area contributed by atoms with Gasteiger partial charge in [-0.2, -0.15) is 12.6 Å². The van der Waals surface area contributed by atoms with Gasteiger partial charge < -0.3 is 4.74 Å². The first-order chi connectivity index (χ1) is 12.3. The zero-order chi connectivity index (χ0) is 19.0. The molecule has 2 nitrogen and oxygen atoms in total. The number of hydrogen-bond acceptors (Lipinski definition) is 3. The van der Waals surface area contributed by atoms with Crippen molar-refractivity contribution in [3.05, 3.63) is 0 Å². The number of esters is 1. The predicted octanol–water partition coefficient (Wildman–Crippen LogP) is 6.66. The van der Waals surface area contributed by atoms with E-state index in [0.29, 0.717) is 18.8 Å². The van der Waals surface area contributed by atoms with E-state index in [1.54, 1.807) is 0 Å². The van der Waals surface area contributed by atoms with Crippen molar-refractivity contribution in [1.29, 1.82) is 0 Å². The Morgan fingerprint density at radius 2 is 1.08 bits per heavy atom. The van der Waals surface area contributed by atoms with Crippen molar-refractivity contribution in [1.82, 2.24) is 0 Å². The average molecular weight is 479 g/mol. The minimum atomic E-state index is -0.0613. The number of rotatable bonds is 18. The van der Waals surface area contributed by atoms with Gasteiger partial charge in [0.2, 0.25) is 0 Å². The number of carbonyl (C=O) groups excluding carboxylic acids is 1. The first-order valence-corrected chi connectivity index (χ1v) is 14.6. The van der Waals surface area contributed by atoms with Crippen molar-refractivity contribution >= 4 is 41.1 Å². The summed E-state index contributed by atoms with van der Waals surface area (Å²) in [7, 11) is 0. The standard InChI is InChI=1S/C20H40O2S.CH3.Sn.H/c1-2-3-4-5-6-7-8-9-10-11-12-13-14-15-16-17-20(21)22-18-19-23;;;/h23H,2-19H2,1H3;1H3;;. The van der Waals surface area contributed by atoms with E-state index in [9.17, 15) is 4.79 Å². The summed E-state index contributed by atoms with van der Waals surface area (Å²) in [6.45, 7) is 2.72. The van der Waals surface area contributed by atoms with Gasteiger partial charge in [-0.15, -0.1) is 0 Å². The second-order valence-electron chi connectivity index (χ2n) is 6.64. The van der Waals surface area contributed by atoms with Gasteiger partial charge in [-0.3, -0.25) is 4.79 Å². The molecule has 0 fully saturated rings. The van der Waals surface area contributed by atoms with E-state index in [4.69, 9.17) is 4.74 Å². The summed E-state index contributed by atoms with van der Waals surface area (Å²) >= 11 is 5.37. The van der Waals surface area contributed by atoms with Crippen molar-refractivity contribution in [3.63, 3.8) is 0 Å². The van der Waals surface area contributed by atoms with Gasteiger partial charge in [0.1, 0.15) is 6.61 Å². The number of hydrogen-bond donors (Lipinski definition) is 1. The minimum absolute atomic E-state index is 0.0613. The summed E-state index contributed by atoms with van der Waals surface area (Å²) in [5.41, 5.74) is 0. The molecule has 0 bridgehead atoms. The summed E-state index contributed by atoms with van der Waals surface area (Å²) in [6, 6.07) is 0. The molecule has 0 saturated carbocycles. The van der Waals surface area contributed by atoms with Crippen LogP contribution in [-0.4, -0.2) is 40.9 Å². The van der Waals surface area contributed by atoms with Crippen LogP contribution in [0.25, 0.3) is 0 Å². The Labute approximate surface area is 177 Å². The number of thiol groups is 1. The third kappa shape index (κ3) is 26.9. The average Bonchev–Trinajstić information content (AvgIpc) is 2.64. The van der Waals surface area contributed by atoms with E-state index in [1.807, 2.05) is 0 Å². The zero-order valence-corrected chi connectivity index (χ0v) is 21.3. The van der Waals surface area contributed by atoms with Crippen molar-refractivity contribution in [3.8, 4) is 0 Å². The van der Waals surface area contributed by atoms with Crippen LogP contribution in [0.2, 0.25) is 4.94 Å². The van der Waals surface area contributed by atoms with Crippen LogP contribution in [0.15, 0.2) is 0 Å². The van der Waals surface area contributed by atoms with Crippen molar-refractivity contribution in [2.24, 2.45) is 0 Å². The van der Waals surface area contributed by atoms with E-state index >= 15 is 0 Å². The summed E-state index contributed by atoms with van der Waals surface area (Å²) in [5.74, 6) is 0.554. The molecule has 0 aromatic rings. The molecule has 0 unspecified atom stereocenters. The molecule has 0 rings (SSSR count). The number of carbonyl (C=O) groups is 1. The summed E-state index contributed by atoms with van der Waals surface area (Å²) in [4.78, 5) is 13.4. The quantitative estimate of drug-likeness (QED) is 0.103. The zero-order valence-electron chi connectivity index (χ0n) is 17.1. The van der Waals surface area contributed by atoms with Crippen LogP contribution in [0.1, 0.15) is 110 Å². The monoisotopic (exact) mass is 480 g/mol. The Balaban J connectivity index is 0. The van der Waals surface area contributed by atoms with Gasteiger partial charge in [0, 0.05) is 12.2 Å². The molecule has 0 atom stereocenters. The normalized spacial score (nSPS) is 10.2. The van der Waals surface area contributed by atoms with Crippen molar-refractivity contribution in [2.75, 3.05) is 12.4 Å². The van der Waals surface area contributed by atoms with E-state index in [0.717, 1.165) is 12.8 Å². The maximum atomic E-state index is 11.3. The molecule has 0 aliphatic heterocycles. The van der Waals surface area contributed by atoms with Crippen LogP contribution < -0.4 is 0 Å². The maximum absolute atomic E-state index is 11.3. The third-order valence-corrected chi connectivity index (χ3v) is 4.52. The van der Waals surface area contributed by atoms with Crippen LogP contribution in [0, 0.1) is 0 Å². The van der Waals surface area contributed by atoms with E-state index < -0.39 is 0 Å². The van der Waals surface area contributed by atoms with E-state index in [2.05, 4.69) is 24.5 Å². The molecule has 0 N–H and O–H groups in total. The molecule has 2 radical (unpaired) electrons. The Morgan fingerprint density at radius 1 is 0.720 bits per heavy atom. The second-order valence-corrected chi connectivity index (χ2v) is 7.09.